The highest BCUT2D eigenvalue weighted by Gasteiger charge is 2.38. The standard InChI is InChI=1S/C16H25N3/c1-17-7-8-19-11-13(12-19)10-18-16-9-15(16)14-5-3-2-4-6-14/h2-6,13,15-18H,7-12H2,1H3/t15-,16+/m0/s1. The minimum atomic E-state index is 0.730. The van der Waals surface area contributed by atoms with Gasteiger partial charge in [0.2, 0.25) is 0 Å². The average Bonchev–Trinajstić information content (AvgIpc) is 3.17. The highest BCUT2D eigenvalue weighted by atomic mass is 15.2. The monoisotopic (exact) mass is 259 g/mol. The molecule has 3 rings (SSSR count). The smallest absolute Gasteiger partial charge is 0.0143 e. The zero-order valence-electron chi connectivity index (χ0n) is 11.8. The van der Waals surface area contributed by atoms with E-state index in [-0.39, 0.29) is 0 Å². The summed E-state index contributed by atoms with van der Waals surface area (Å²) in [6, 6.07) is 11.6. The molecule has 0 aromatic heterocycles. The third-order valence-electron chi connectivity index (χ3n) is 4.40. The molecule has 1 aliphatic carbocycles. The summed E-state index contributed by atoms with van der Waals surface area (Å²) in [7, 11) is 2.02. The predicted molar refractivity (Wildman–Crippen MR) is 79.4 cm³/mol. The quantitative estimate of drug-likeness (QED) is 0.772. The van der Waals surface area contributed by atoms with Crippen LogP contribution in [0.4, 0.5) is 0 Å². The lowest BCUT2D eigenvalue weighted by atomic mass is 10.0. The Morgan fingerprint density at radius 1 is 1.21 bits per heavy atom. The van der Waals surface area contributed by atoms with E-state index in [1.807, 2.05) is 7.05 Å². The molecular formula is C16H25N3. The fourth-order valence-corrected chi connectivity index (χ4v) is 3.07. The van der Waals surface area contributed by atoms with Crippen LogP contribution in [0.5, 0.6) is 0 Å². The van der Waals surface area contributed by atoms with Gasteiger partial charge in [-0.15, -0.1) is 0 Å². The molecule has 0 amide bonds. The van der Waals surface area contributed by atoms with Gasteiger partial charge in [0, 0.05) is 44.7 Å². The molecule has 0 unspecified atom stereocenters. The number of nitrogens with one attached hydrogen (secondary N) is 2. The first-order valence-corrected chi connectivity index (χ1v) is 7.52. The van der Waals surface area contributed by atoms with Crippen LogP contribution >= 0.6 is 0 Å². The Balaban J connectivity index is 1.31. The molecular weight excluding hydrogens is 234 g/mol. The van der Waals surface area contributed by atoms with Crippen LogP contribution in [0.15, 0.2) is 30.3 Å². The maximum Gasteiger partial charge on any atom is 0.0143 e. The summed E-state index contributed by atoms with van der Waals surface area (Å²) < 4.78 is 0. The van der Waals surface area contributed by atoms with Gasteiger partial charge in [-0.05, 0) is 24.9 Å². The molecule has 1 aromatic rings. The minimum absolute atomic E-state index is 0.730. The molecule has 3 nitrogen and oxygen atoms in total. The maximum atomic E-state index is 3.74. The van der Waals surface area contributed by atoms with Gasteiger partial charge < -0.3 is 15.5 Å². The third-order valence-corrected chi connectivity index (χ3v) is 4.40. The lowest BCUT2D eigenvalue weighted by Crippen LogP contribution is -2.52. The van der Waals surface area contributed by atoms with Crippen LogP contribution in [0.25, 0.3) is 0 Å². The first kappa shape index (κ1) is 13.1. The third kappa shape index (κ3) is 3.35. The van der Waals surface area contributed by atoms with Crippen molar-refractivity contribution in [3.63, 3.8) is 0 Å². The number of benzene rings is 1. The molecule has 0 radical (unpaired) electrons. The number of nitrogens with zero attached hydrogens (tertiary/aromatic N) is 1. The summed E-state index contributed by atoms with van der Waals surface area (Å²) in [6.07, 6.45) is 1.32. The second kappa shape index (κ2) is 6.04. The number of likely N-dealkylation sites (N-methyl/N-ethyl adjacent to an activating group) is 1. The average molecular weight is 259 g/mol. The molecule has 2 N–H and O–H groups in total. The van der Waals surface area contributed by atoms with Gasteiger partial charge in [-0.2, -0.15) is 0 Å². The van der Waals surface area contributed by atoms with Crippen molar-refractivity contribution in [1.82, 2.24) is 15.5 Å². The first-order valence-electron chi connectivity index (χ1n) is 7.52. The first-order chi connectivity index (χ1) is 9.36. The Morgan fingerprint density at radius 2 is 2.00 bits per heavy atom. The van der Waals surface area contributed by atoms with Gasteiger partial charge in [0.15, 0.2) is 0 Å². The lowest BCUT2D eigenvalue weighted by Gasteiger charge is -2.39. The van der Waals surface area contributed by atoms with Crippen LogP contribution in [-0.2, 0) is 0 Å². The molecule has 1 heterocycles. The van der Waals surface area contributed by atoms with Crippen LogP contribution in [-0.4, -0.2) is 50.7 Å². The molecule has 3 heteroatoms. The van der Waals surface area contributed by atoms with Gasteiger partial charge in [-0.3, -0.25) is 0 Å². The molecule has 1 saturated heterocycles. The zero-order valence-corrected chi connectivity index (χ0v) is 11.8. The summed E-state index contributed by atoms with van der Waals surface area (Å²) in [5.74, 6) is 1.63. The van der Waals surface area contributed by atoms with Crippen molar-refractivity contribution in [3.05, 3.63) is 35.9 Å². The molecule has 104 valence electrons. The van der Waals surface area contributed by atoms with E-state index in [1.165, 1.54) is 38.2 Å². The van der Waals surface area contributed by atoms with Gasteiger partial charge in [0.25, 0.3) is 0 Å². The molecule has 1 saturated carbocycles. The van der Waals surface area contributed by atoms with Gasteiger partial charge in [-0.1, -0.05) is 30.3 Å². The summed E-state index contributed by atoms with van der Waals surface area (Å²) in [6.45, 7) is 6.06. The van der Waals surface area contributed by atoms with E-state index in [1.54, 1.807) is 0 Å². The molecule has 1 aliphatic heterocycles. The summed E-state index contributed by atoms with van der Waals surface area (Å²) in [5.41, 5.74) is 1.50. The number of likely N-dealkylation sites (tertiary alicyclic amines) is 1. The second-order valence-corrected chi connectivity index (χ2v) is 6.00. The molecule has 0 bridgehead atoms. The van der Waals surface area contributed by atoms with E-state index in [9.17, 15) is 0 Å². The second-order valence-electron chi connectivity index (χ2n) is 6.00. The van der Waals surface area contributed by atoms with Crippen LogP contribution in [0.2, 0.25) is 0 Å². The fraction of sp³-hybridized carbons (Fsp3) is 0.625. The van der Waals surface area contributed by atoms with Crippen molar-refractivity contribution in [1.29, 1.82) is 0 Å². The van der Waals surface area contributed by atoms with E-state index < -0.39 is 0 Å². The maximum absolute atomic E-state index is 3.74. The van der Waals surface area contributed by atoms with Crippen molar-refractivity contribution >= 4 is 0 Å². The van der Waals surface area contributed by atoms with Crippen molar-refractivity contribution in [2.45, 2.75) is 18.4 Å². The Labute approximate surface area is 116 Å². The van der Waals surface area contributed by atoms with Gasteiger partial charge >= 0.3 is 0 Å². The minimum Gasteiger partial charge on any atom is -0.318 e. The summed E-state index contributed by atoms with van der Waals surface area (Å²) in [4.78, 5) is 2.53. The molecule has 2 aliphatic rings. The topological polar surface area (TPSA) is 27.3 Å². The van der Waals surface area contributed by atoms with Crippen molar-refractivity contribution in [2.24, 2.45) is 5.92 Å². The number of hydrogen-bond donors (Lipinski definition) is 2. The summed E-state index contributed by atoms with van der Waals surface area (Å²) >= 11 is 0. The molecule has 1 aromatic carbocycles. The fourth-order valence-electron chi connectivity index (χ4n) is 3.07. The van der Waals surface area contributed by atoms with Crippen LogP contribution < -0.4 is 10.6 Å². The zero-order chi connectivity index (χ0) is 13.1. The van der Waals surface area contributed by atoms with E-state index in [0.29, 0.717) is 0 Å². The molecule has 19 heavy (non-hydrogen) atoms. The van der Waals surface area contributed by atoms with Gasteiger partial charge in [0.1, 0.15) is 0 Å². The van der Waals surface area contributed by atoms with Gasteiger partial charge in [0.05, 0.1) is 0 Å². The van der Waals surface area contributed by atoms with Crippen LogP contribution in [0, 0.1) is 5.92 Å². The SMILES string of the molecule is CNCCN1CC(CN[C@@H]2C[C@H]2c2ccccc2)C1. The van der Waals surface area contributed by atoms with Crippen molar-refractivity contribution in [2.75, 3.05) is 39.8 Å². The number of rotatable bonds is 7. The van der Waals surface area contributed by atoms with E-state index in [4.69, 9.17) is 0 Å². The van der Waals surface area contributed by atoms with Crippen LogP contribution in [0.1, 0.15) is 17.9 Å². The summed E-state index contributed by atoms with van der Waals surface area (Å²) in [5, 5.41) is 6.95. The van der Waals surface area contributed by atoms with E-state index in [0.717, 1.165) is 24.4 Å². The Morgan fingerprint density at radius 3 is 2.74 bits per heavy atom. The predicted octanol–water partition coefficient (Wildman–Crippen LogP) is 1.28. The Bertz CT molecular complexity index is 386. The molecule has 2 atom stereocenters. The van der Waals surface area contributed by atoms with Gasteiger partial charge in [-0.25, -0.2) is 0 Å². The Kier molecular flexibility index (Phi) is 4.16. The highest BCUT2D eigenvalue weighted by molar-refractivity contribution is 5.27. The molecule has 2 fully saturated rings. The highest BCUT2D eigenvalue weighted by Crippen LogP contribution is 2.40. The van der Waals surface area contributed by atoms with E-state index in [2.05, 4.69) is 45.9 Å². The van der Waals surface area contributed by atoms with Crippen molar-refractivity contribution < 1.29 is 0 Å². The Hall–Kier alpha value is -0.900. The van der Waals surface area contributed by atoms with Crippen LogP contribution in [0.3, 0.4) is 0 Å². The largest absolute Gasteiger partial charge is 0.318 e. The normalized spacial score (nSPS) is 27.2. The lowest BCUT2D eigenvalue weighted by molar-refractivity contribution is 0.101. The van der Waals surface area contributed by atoms with E-state index >= 15 is 0 Å². The number of hydrogen-bond acceptors (Lipinski definition) is 3. The van der Waals surface area contributed by atoms with Crippen molar-refractivity contribution in [3.8, 4) is 0 Å². The molecule has 0 spiro atoms.